The van der Waals surface area contributed by atoms with Crippen molar-refractivity contribution in [2.45, 2.75) is 0 Å². The molecule has 4 aromatic rings. The maximum atomic E-state index is 11.3. The van der Waals surface area contributed by atoms with E-state index in [0.29, 0.717) is 11.1 Å². The van der Waals surface area contributed by atoms with Gasteiger partial charge in [-0.1, -0.05) is 72.8 Å². The van der Waals surface area contributed by atoms with Crippen molar-refractivity contribution in [1.82, 2.24) is 0 Å². The van der Waals surface area contributed by atoms with Gasteiger partial charge in [0.05, 0.1) is 14.2 Å². The lowest BCUT2D eigenvalue weighted by Gasteiger charge is -2.19. The molecule has 0 saturated heterocycles. The van der Waals surface area contributed by atoms with E-state index < -0.39 is 0 Å². The third-order valence-corrected chi connectivity index (χ3v) is 5.68. The number of methoxy groups -OCH3 is 2. The van der Waals surface area contributed by atoms with Gasteiger partial charge in [0.15, 0.2) is 0 Å². The van der Waals surface area contributed by atoms with Crippen molar-refractivity contribution in [1.29, 1.82) is 0 Å². The van der Waals surface area contributed by atoms with E-state index in [4.69, 9.17) is 9.47 Å². The second kappa shape index (κ2) is 10.5. The minimum Gasteiger partial charge on any atom is -0.497 e. The molecule has 0 unspecified atom stereocenters. The molecule has 4 nitrogen and oxygen atoms in total. The maximum Gasteiger partial charge on any atom is 0.150 e. The van der Waals surface area contributed by atoms with E-state index in [1.165, 1.54) is 0 Å². The molecule has 168 valence electrons. The van der Waals surface area contributed by atoms with E-state index in [-0.39, 0.29) is 0 Å². The molecule has 0 spiro atoms. The predicted molar refractivity (Wildman–Crippen MR) is 135 cm³/mol. The van der Waals surface area contributed by atoms with Gasteiger partial charge in [0.1, 0.15) is 24.1 Å². The van der Waals surface area contributed by atoms with Crippen LogP contribution in [0.25, 0.3) is 11.1 Å². The lowest BCUT2D eigenvalue weighted by atomic mass is 9.85. The Morgan fingerprint density at radius 1 is 0.471 bits per heavy atom. The molecular formula is C30H24O4. The van der Waals surface area contributed by atoms with E-state index in [9.17, 15) is 9.59 Å². The zero-order chi connectivity index (χ0) is 23.9. The Morgan fingerprint density at radius 2 is 0.735 bits per heavy atom. The minimum atomic E-state index is 0.606. The Kier molecular flexibility index (Phi) is 6.99. The number of carbonyl (C=O) groups excluding carboxylic acids is 2. The summed E-state index contributed by atoms with van der Waals surface area (Å²) in [5, 5.41) is 0. The van der Waals surface area contributed by atoms with Crippen LogP contribution < -0.4 is 9.47 Å². The highest BCUT2D eigenvalue weighted by molar-refractivity contribution is 6.05. The molecule has 0 aliphatic heterocycles. The van der Waals surface area contributed by atoms with Gasteiger partial charge in [0, 0.05) is 11.1 Å². The van der Waals surface area contributed by atoms with Crippen LogP contribution in [0.15, 0.2) is 97.1 Å². The van der Waals surface area contributed by atoms with Gasteiger partial charge >= 0.3 is 0 Å². The smallest absolute Gasteiger partial charge is 0.150 e. The van der Waals surface area contributed by atoms with Crippen LogP contribution in [0.2, 0.25) is 0 Å². The summed E-state index contributed by atoms with van der Waals surface area (Å²) < 4.78 is 10.7. The Balaban J connectivity index is 2.04. The molecule has 0 heterocycles. The molecule has 0 aromatic heterocycles. The van der Waals surface area contributed by atoms with Gasteiger partial charge in [0.25, 0.3) is 0 Å². The first-order valence-electron chi connectivity index (χ1n) is 10.8. The van der Waals surface area contributed by atoms with Gasteiger partial charge in [-0.25, -0.2) is 0 Å². The molecule has 0 atom stereocenters. The van der Waals surface area contributed by atoms with E-state index >= 15 is 0 Å². The molecule has 0 bridgehead atoms. The van der Waals surface area contributed by atoms with Crippen LogP contribution in [0.4, 0.5) is 0 Å². The van der Waals surface area contributed by atoms with Crippen LogP contribution in [-0.4, -0.2) is 26.8 Å². The standard InChI is InChI=1S/C30H24O4/c1-33-27-15-11-25(12-16-27)30(26-13-17-28(34-2)18-14-26)29(23-7-3-21(19-31)4-8-23)24-9-5-22(20-32)6-10-24/h3-20H,1-2H3. The van der Waals surface area contributed by atoms with Crippen molar-refractivity contribution < 1.29 is 19.1 Å². The maximum absolute atomic E-state index is 11.3. The molecule has 4 heteroatoms. The van der Waals surface area contributed by atoms with Crippen molar-refractivity contribution in [3.63, 3.8) is 0 Å². The highest BCUT2D eigenvalue weighted by atomic mass is 16.5. The van der Waals surface area contributed by atoms with Crippen molar-refractivity contribution >= 4 is 23.7 Å². The minimum absolute atomic E-state index is 0.606. The van der Waals surface area contributed by atoms with Crippen LogP contribution in [-0.2, 0) is 0 Å². The molecule has 0 radical (unpaired) electrons. The van der Waals surface area contributed by atoms with Gasteiger partial charge in [-0.15, -0.1) is 0 Å². The molecule has 34 heavy (non-hydrogen) atoms. The fourth-order valence-electron chi connectivity index (χ4n) is 3.88. The summed E-state index contributed by atoms with van der Waals surface area (Å²) in [6.45, 7) is 0. The third kappa shape index (κ3) is 4.81. The Labute approximate surface area is 199 Å². The fourth-order valence-corrected chi connectivity index (χ4v) is 3.88. The van der Waals surface area contributed by atoms with Gasteiger partial charge in [-0.2, -0.15) is 0 Å². The van der Waals surface area contributed by atoms with E-state index in [1.54, 1.807) is 14.2 Å². The van der Waals surface area contributed by atoms with Crippen LogP contribution >= 0.6 is 0 Å². The number of ether oxygens (including phenoxy) is 2. The van der Waals surface area contributed by atoms with Crippen molar-refractivity contribution in [3.05, 3.63) is 130 Å². The summed E-state index contributed by atoms with van der Waals surface area (Å²) in [5.74, 6) is 1.54. The van der Waals surface area contributed by atoms with Crippen LogP contribution in [0, 0.1) is 0 Å². The number of carbonyl (C=O) groups is 2. The van der Waals surface area contributed by atoms with Crippen molar-refractivity contribution in [2.24, 2.45) is 0 Å². The van der Waals surface area contributed by atoms with Gasteiger partial charge in [0.2, 0.25) is 0 Å². The number of aldehydes is 2. The SMILES string of the molecule is COc1ccc(C(=C(c2ccc(C=O)cc2)c2ccc(C=O)cc2)c2ccc(OC)cc2)cc1. The summed E-state index contributed by atoms with van der Waals surface area (Å²) in [5.41, 5.74) is 7.09. The number of benzene rings is 4. The summed E-state index contributed by atoms with van der Waals surface area (Å²) in [6.07, 6.45) is 1.67. The first-order valence-corrected chi connectivity index (χ1v) is 10.8. The highest BCUT2D eigenvalue weighted by Crippen LogP contribution is 2.38. The zero-order valence-electron chi connectivity index (χ0n) is 19.0. The average molecular weight is 449 g/mol. The lowest BCUT2D eigenvalue weighted by Crippen LogP contribution is -1.99. The van der Waals surface area contributed by atoms with E-state index in [2.05, 4.69) is 0 Å². The Hall–Kier alpha value is -4.44. The number of hydrogen-bond donors (Lipinski definition) is 0. The van der Waals surface area contributed by atoms with Crippen molar-refractivity contribution in [3.8, 4) is 11.5 Å². The van der Waals surface area contributed by atoms with Gasteiger partial charge < -0.3 is 9.47 Å². The molecule has 0 N–H and O–H groups in total. The molecule has 0 saturated carbocycles. The molecule has 0 amide bonds. The first-order chi connectivity index (χ1) is 16.7. The highest BCUT2D eigenvalue weighted by Gasteiger charge is 2.17. The molecule has 0 aliphatic carbocycles. The lowest BCUT2D eigenvalue weighted by molar-refractivity contribution is 0.111. The van der Waals surface area contributed by atoms with Gasteiger partial charge in [-0.3, -0.25) is 9.59 Å². The second-order valence-electron chi connectivity index (χ2n) is 7.69. The molecule has 0 fully saturated rings. The Morgan fingerprint density at radius 3 is 0.971 bits per heavy atom. The summed E-state index contributed by atoms with van der Waals surface area (Å²) >= 11 is 0. The number of rotatable bonds is 8. The largest absolute Gasteiger partial charge is 0.497 e. The molecular weight excluding hydrogens is 424 g/mol. The van der Waals surface area contributed by atoms with Crippen LogP contribution in [0.3, 0.4) is 0 Å². The quantitative estimate of drug-likeness (QED) is 0.233. The van der Waals surface area contributed by atoms with Crippen LogP contribution in [0.1, 0.15) is 43.0 Å². The second-order valence-corrected chi connectivity index (χ2v) is 7.69. The van der Waals surface area contributed by atoms with Gasteiger partial charge in [-0.05, 0) is 57.7 Å². The van der Waals surface area contributed by atoms with E-state index in [0.717, 1.165) is 57.5 Å². The van der Waals surface area contributed by atoms with Crippen molar-refractivity contribution in [2.75, 3.05) is 14.2 Å². The monoisotopic (exact) mass is 448 g/mol. The normalized spacial score (nSPS) is 10.3. The zero-order valence-corrected chi connectivity index (χ0v) is 19.0. The molecule has 4 rings (SSSR count). The summed E-state index contributed by atoms with van der Waals surface area (Å²) in [7, 11) is 3.29. The van der Waals surface area contributed by atoms with E-state index in [1.807, 2.05) is 97.1 Å². The first kappa shape index (κ1) is 22.7. The third-order valence-electron chi connectivity index (χ3n) is 5.68. The average Bonchev–Trinajstić information content (AvgIpc) is 2.92. The molecule has 0 aliphatic rings. The Bertz CT molecular complexity index is 1200. The summed E-state index contributed by atoms with van der Waals surface area (Å²) in [6, 6.07) is 30.8. The summed E-state index contributed by atoms with van der Waals surface area (Å²) in [4.78, 5) is 22.5. The predicted octanol–water partition coefficient (Wildman–Crippen LogP) is 6.34. The van der Waals surface area contributed by atoms with Crippen LogP contribution in [0.5, 0.6) is 11.5 Å². The topological polar surface area (TPSA) is 52.6 Å². The molecule has 4 aromatic carbocycles. The fraction of sp³-hybridized carbons (Fsp3) is 0.0667. The number of hydrogen-bond acceptors (Lipinski definition) is 4.